The second-order valence-corrected chi connectivity index (χ2v) is 9.46. The highest BCUT2D eigenvalue weighted by Gasteiger charge is 2.21. The Hall–Kier alpha value is -2.77. The number of carbonyl (C=O) groups is 2. The number of hydrogen-bond acceptors (Lipinski definition) is 4. The molecular weight excluding hydrogens is 394 g/mol. The van der Waals surface area contributed by atoms with Gasteiger partial charge >= 0.3 is 6.09 Å². The number of carbonyl (C=O) groups excluding carboxylic acids is 2. The van der Waals surface area contributed by atoms with Gasteiger partial charge in [0.25, 0.3) is 0 Å². The molecule has 1 rings (SSSR count). The molecule has 1 atom stereocenters. The van der Waals surface area contributed by atoms with Gasteiger partial charge in [-0.1, -0.05) is 30.3 Å². The van der Waals surface area contributed by atoms with E-state index < -0.39 is 11.7 Å². The second kappa shape index (κ2) is 11.6. The van der Waals surface area contributed by atoms with Gasteiger partial charge in [0.1, 0.15) is 5.60 Å². The number of aliphatic imine (C=N–C) groups is 1. The first-order valence-electron chi connectivity index (χ1n) is 10.7. The molecule has 0 radical (unpaired) electrons. The van der Waals surface area contributed by atoms with Gasteiger partial charge in [-0.2, -0.15) is 0 Å². The fourth-order valence-corrected chi connectivity index (χ4v) is 2.77. The van der Waals surface area contributed by atoms with Crippen molar-refractivity contribution in [2.24, 2.45) is 4.99 Å². The minimum Gasteiger partial charge on any atom is -0.444 e. The van der Waals surface area contributed by atoms with Gasteiger partial charge in [-0.3, -0.25) is 9.79 Å². The van der Waals surface area contributed by atoms with Crippen LogP contribution in [0.2, 0.25) is 0 Å². The Kier molecular flexibility index (Phi) is 9.81. The Morgan fingerprint density at radius 2 is 1.71 bits per heavy atom. The fourth-order valence-electron chi connectivity index (χ4n) is 2.77. The van der Waals surface area contributed by atoms with E-state index in [1.807, 2.05) is 85.8 Å². The Labute approximate surface area is 186 Å². The van der Waals surface area contributed by atoms with Gasteiger partial charge in [-0.25, -0.2) is 4.79 Å². The van der Waals surface area contributed by atoms with Crippen LogP contribution in [0.25, 0.3) is 0 Å². The van der Waals surface area contributed by atoms with E-state index in [9.17, 15) is 9.59 Å². The molecule has 0 aliphatic rings. The quantitative estimate of drug-likeness (QED) is 0.454. The van der Waals surface area contributed by atoms with Crippen LogP contribution in [0.1, 0.15) is 60.1 Å². The zero-order chi connectivity index (χ0) is 23.7. The predicted octanol–water partition coefficient (Wildman–Crippen LogP) is 3.06. The number of likely N-dealkylation sites (N-methyl/N-ethyl adjacent to an activating group) is 1. The molecule has 1 unspecified atom stereocenters. The van der Waals surface area contributed by atoms with Crippen molar-refractivity contribution >= 4 is 18.0 Å². The van der Waals surface area contributed by atoms with E-state index in [-0.39, 0.29) is 30.6 Å². The van der Waals surface area contributed by atoms with Gasteiger partial charge in [-0.05, 0) is 54.0 Å². The molecule has 0 aromatic heterocycles. The Balaban J connectivity index is 2.97. The van der Waals surface area contributed by atoms with E-state index in [4.69, 9.17) is 4.74 Å². The summed E-state index contributed by atoms with van der Waals surface area (Å²) in [5.74, 6) is 0.491. The number of benzene rings is 1. The summed E-state index contributed by atoms with van der Waals surface area (Å²) >= 11 is 0. The molecule has 0 saturated heterocycles. The molecular formula is C23H39N5O3. The Bertz CT molecular complexity index is 736. The number of hydrogen-bond donors (Lipinski definition) is 3. The minimum absolute atomic E-state index is 0.0907. The smallest absolute Gasteiger partial charge is 0.408 e. The fraction of sp³-hybridized carbons (Fsp3) is 0.609. The molecule has 31 heavy (non-hydrogen) atoms. The first-order chi connectivity index (χ1) is 14.3. The van der Waals surface area contributed by atoms with E-state index in [0.717, 1.165) is 5.56 Å². The lowest BCUT2D eigenvalue weighted by Crippen LogP contribution is -2.49. The third kappa shape index (κ3) is 11.3. The monoisotopic (exact) mass is 433 g/mol. The van der Waals surface area contributed by atoms with Crippen molar-refractivity contribution in [1.82, 2.24) is 20.9 Å². The number of guanidine groups is 1. The van der Waals surface area contributed by atoms with Crippen molar-refractivity contribution < 1.29 is 14.3 Å². The van der Waals surface area contributed by atoms with Crippen LogP contribution in [0, 0.1) is 0 Å². The van der Waals surface area contributed by atoms with Crippen LogP contribution in [0.5, 0.6) is 0 Å². The molecule has 0 fully saturated rings. The maximum absolute atomic E-state index is 12.4. The number of nitrogens with zero attached hydrogens (tertiary/aromatic N) is 2. The molecule has 0 aliphatic heterocycles. The van der Waals surface area contributed by atoms with E-state index in [1.165, 1.54) is 0 Å². The number of rotatable bonds is 7. The Morgan fingerprint density at radius 3 is 2.23 bits per heavy atom. The minimum atomic E-state index is -0.593. The summed E-state index contributed by atoms with van der Waals surface area (Å²) in [6.45, 7) is 14.4. The van der Waals surface area contributed by atoms with Crippen LogP contribution in [0.15, 0.2) is 35.3 Å². The predicted molar refractivity (Wildman–Crippen MR) is 125 cm³/mol. The SMILES string of the molecule is CCNC(=NCC(NC(=O)OC(C)(C)C)c1ccccc1)N(C)CC(=O)NC(C)(C)C. The highest BCUT2D eigenvalue weighted by molar-refractivity contribution is 5.86. The Morgan fingerprint density at radius 1 is 1.10 bits per heavy atom. The highest BCUT2D eigenvalue weighted by Crippen LogP contribution is 2.15. The molecule has 174 valence electrons. The zero-order valence-electron chi connectivity index (χ0n) is 20.2. The number of ether oxygens (including phenoxy) is 1. The van der Waals surface area contributed by atoms with Gasteiger partial charge in [0.05, 0.1) is 19.1 Å². The lowest BCUT2D eigenvalue weighted by Gasteiger charge is -2.26. The molecule has 0 spiro atoms. The molecule has 8 heteroatoms. The molecule has 0 bridgehead atoms. The summed E-state index contributed by atoms with van der Waals surface area (Å²) < 4.78 is 5.41. The van der Waals surface area contributed by atoms with Crippen molar-refractivity contribution in [3.8, 4) is 0 Å². The molecule has 0 aliphatic carbocycles. The molecule has 8 nitrogen and oxygen atoms in total. The van der Waals surface area contributed by atoms with E-state index in [1.54, 1.807) is 4.90 Å². The lowest BCUT2D eigenvalue weighted by atomic mass is 10.1. The van der Waals surface area contributed by atoms with E-state index in [0.29, 0.717) is 12.5 Å². The van der Waals surface area contributed by atoms with Crippen molar-refractivity contribution in [1.29, 1.82) is 0 Å². The van der Waals surface area contributed by atoms with Crippen molar-refractivity contribution in [3.63, 3.8) is 0 Å². The summed E-state index contributed by atoms with van der Waals surface area (Å²) in [4.78, 5) is 31.1. The molecule has 1 aromatic carbocycles. The lowest BCUT2D eigenvalue weighted by molar-refractivity contribution is -0.122. The zero-order valence-corrected chi connectivity index (χ0v) is 20.2. The first kappa shape index (κ1) is 26.3. The summed E-state index contributed by atoms with van der Waals surface area (Å²) in [6.07, 6.45) is -0.500. The van der Waals surface area contributed by atoms with Crippen LogP contribution < -0.4 is 16.0 Å². The summed E-state index contributed by atoms with van der Waals surface area (Å²) in [5.41, 5.74) is 0.0221. The van der Waals surface area contributed by atoms with Crippen molar-refractivity contribution in [2.75, 3.05) is 26.7 Å². The van der Waals surface area contributed by atoms with E-state index in [2.05, 4.69) is 20.9 Å². The van der Waals surface area contributed by atoms with E-state index >= 15 is 0 Å². The standard InChI is InChI=1S/C23H39N5O3/c1-9-24-20(28(8)16-19(29)27-22(2,3)4)25-15-18(17-13-11-10-12-14-17)26-21(30)31-23(5,6)7/h10-14,18H,9,15-16H2,1-8H3,(H,24,25)(H,26,30)(H,27,29). The number of nitrogens with one attached hydrogen (secondary N) is 3. The molecule has 0 saturated carbocycles. The van der Waals surface area contributed by atoms with Crippen LogP contribution in [0.3, 0.4) is 0 Å². The third-order valence-electron chi connectivity index (χ3n) is 3.91. The third-order valence-corrected chi connectivity index (χ3v) is 3.91. The van der Waals surface area contributed by atoms with Crippen molar-refractivity contribution in [3.05, 3.63) is 35.9 Å². The van der Waals surface area contributed by atoms with Crippen LogP contribution in [-0.2, 0) is 9.53 Å². The average molecular weight is 434 g/mol. The first-order valence-corrected chi connectivity index (χ1v) is 10.7. The highest BCUT2D eigenvalue weighted by atomic mass is 16.6. The number of alkyl carbamates (subject to hydrolysis) is 1. The molecule has 1 aromatic rings. The topological polar surface area (TPSA) is 95.1 Å². The van der Waals surface area contributed by atoms with Crippen molar-refractivity contribution in [2.45, 2.75) is 65.6 Å². The maximum Gasteiger partial charge on any atom is 0.408 e. The van der Waals surface area contributed by atoms with Crippen LogP contribution >= 0.6 is 0 Å². The van der Waals surface area contributed by atoms with Crippen LogP contribution in [0.4, 0.5) is 4.79 Å². The summed E-state index contributed by atoms with van der Waals surface area (Å²) in [7, 11) is 1.81. The molecule has 2 amide bonds. The molecule has 3 N–H and O–H groups in total. The van der Waals surface area contributed by atoms with Gasteiger partial charge in [-0.15, -0.1) is 0 Å². The maximum atomic E-state index is 12.4. The molecule has 0 heterocycles. The largest absolute Gasteiger partial charge is 0.444 e. The summed E-state index contributed by atoms with van der Waals surface area (Å²) in [6, 6.07) is 9.24. The van der Waals surface area contributed by atoms with Gasteiger partial charge < -0.3 is 25.6 Å². The normalized spacial score (nSPS) is 13.2. The van der Waals surface area contributed by atoms with Crippen LogP contribution in [-0.4, -0.2) is 60.7 Å². The average Bonchev–Trinajstić information content (AvgIpc) is 2.61. The second-order valence-electron chi connectivity index (χ2n) is 9.46. The van der Waals surface area contributed by atoms with Gasteiger partial charge in [0.15, 0.2) is 5.96 Å². The number of amides is 2. The summed E-state index contributed by atoms with van der Waals surface area (Å²) in [5, 5.41) is 9.05. The van der Waals surface area contributed by atoms with Gasteiger partial charge in [0, 0.05) is 19.1 Å². The van der Waals surface area contributed by atoms with Gasteiger partial charge in [0.2, 0.25) is 5.91 Å².